The van der Waals surface area contributed by atoms with Gasteiger partial charge in [0.2, 0.25) is 0 Å². The fourth-order valence-corrected chi connectivity index (χ4v) is 1.86. The highest BCUT2D eigenvalue weighted by Crippen LogP contribution is 2.11. The van der Waals surface area contributed by atoms with Gasteiger partial charge in [-0.05, 0) is 19.8 Å². The summed E-state index contributed by atoms with van der Waals surface area (Å²) in [7, 11) is 1.97. The molecule has 3 nitrogen and oxygen atoms in total. The van der Waals surface area contributed by atoms with Gasteiger partial charge in [0.1, 0.15) is 0 Å². The van der Waals surface area contributed by atoms with Gasteiger partial charge in [-0.3, -0.25) is 4.68 Å². The van der Waals surface area contributed by atoms with Crippen LogP contribution in [-0.2, 0) is 13.6 Å². The largest absolute Gasteiger partial charge is 0.309 e. The lowest BCUT2D eigenvalue weighted by Gasteiger charge is -2.10. The first kappa shape index (κ1) is 9.46. The van der Waals surface area contributed by atoms with Crippen LogP contribution in [-0.4, -0.2) is 15.8 Å². The normalized spacial score (nSPS) is 16.7. The van der Waals surface area contributed by atoms with Crippen molar-refractivity contribution in [2.75, 3.05) is 0 Å². The molecule has 1 aliphatic rings. The number of nitrogens with zero attached hydrogens (tertiary/aromatic N) is 2. The van der Waals surface area contributed by atoms with E-state index >= 15 is 0 Å². The van der Waals surface area contributed by atoms with Gasteiger partial charge >= 0.3 is 0 Å². The number of aryl methyl sites for hydroxylation is 2. The van der Waals surface area contributed by atoms with E-state index in [1.54, 1.807) is 0 Å². The van der Waals surface area contributed by atoms with Gasteiger partial charge in [-0.1, -0.05) is 12.2 Å². The van der Waals surface area contributed by atoms with Crippen molar-refractivity contribution in [1.82, 2.24) is 15.1 Å². The molecular weight excluding hydrogens is 174 g/mol. The van der Waals surface area contributed by atoms with Gasteiger partial charge in [-0.15, -0.1) is 0 Å². The Morgan fingerprint density at radius 2 is 2.21 bits per heavy atom. The summed E-state index contributed by atoms with van der Waals surface area (Å²) in [6.45, 7) is 3.00. The Kier molecular flexibility index (Phi) is 2.68. The van der Waals surface area contributed by atoms with E-state index in [0.717, 1.165) is 12.2 Å². The number of nitrogens with one attached hydrogen (secondary N) is 1. The van der Waals surface area contributed by atoms with Crippen LogP contribution in [0, 0.1) is 6.92 Å². The fourth-order valence-electron chi connectivity index (χ4n) is 1.86. The molecule has 0 fully saturated rings. The maximum atomic E-state index is 4.32. The van der Waals surface area contributed by atoms with Crippen molar-refractivity contribution in [1.29, 1.82) is 0 Å². The maximum Gasteiger partial charge on any atom is 0.0638 e. The van der Waals surface area contributed by atoms with Gasteiger partial charge in [0.05, 0.1) is 5.69 Å². The highest BCUT2D eigenvalue weighted by molar-refractivity contribution is 5.15. The molecule has 0 saturated carbocycles. The second-order valence-corrected chi connectivity index (χ2v) is 3.93. The van der Waals surface area contributed by atoms with Crippen molar-refractivity contribution in [2.45, 2.75) is 32.4 Å². The summed E-state index contributed by atoms with van der Waals surface area (Å²) in [5.74, 6) is 0. The Morgan fingerprint density at radius 3 is 2.79 bits per heavy atom. The van der Waals surface area contributed by atoms with Crippen LogP contribution in [0.4, 0.5) is 0 Å². The monoisotopic (exact) mass is 191 g/mol. The molecule has 1 aromatic rings. The molecule has 0 bridgehead atoms. The Bertz CT molecular complexity index is 330. The summed E-state index contributed by atoms with van der Waals surface area (Å²) in [4.78, 5) is 0. The molecule has 0 aromatic carbocycles. The maximum absolute atomic E-state index is 4.32. The van der Waals surface area contributed by atoms with Crippen LogP contribution in [0.1, 0.15) is 24.1 Å². The first-order chi connectivity index (χ1) is 6.75. The van der Waals surface area contributed by atoms with E-state index in [4.69, 9.17) is 0 Å². The van der Waals surface area contributed by atoms with Gasteiger partial charge in [-0.2, -0.15) is 5.10 Å². The highest BCUT2D eigenvalue weighted by Gasteiger charge is 2.10. The summed E-state index contributed by atoms with van der Waals surface area (Å²) in [5, 5.41) is 7.85. The summed E-state index contributed by atoms with van der Waals surface area (Å²) >= 11 is 0. The summed E-state index contributed by atoms with van der Waals surface area (Å²) in [6.07, 6.45) is 8.91. The summed E-state index contributed by atoms with van der Waals surface area (Å²) < 4.78 is 1.87. The molecule has 0 atom stereocenters. The number of hydrogen-bond acceptors (Lipinski definition) is 2. The van der Waals surface area contributed by atoms with E-state index in [1.165, 1.54) is 18.4 Å². The molecule has 76 valence electrons. The lowest BCUT2D eigenvalue weighted by molar-refractivity contribution is 0.537. The first-order valence-corrected chi connectivity index (χ1v) is 5.13. The van der Waals surface area contributed by atoms with Crippen molar-refractivity contribution in [3.63, 3.8) is 0 Å². The fraction of sp³-hybridized carbons (Fsp3) is 0.545. The zero-order chi connectivity index (χ0) is 9.97. The second-order valence-electron chi connectivity index (χ2n) is 3.93. The van der Waals surface area contributed by atoms with Crippen molar-refractivity contribution in [3.8, 4) is 0 Å². The molecule has 0 radical (unpaired) electrons. The Balaban J connectivity index is 1.88. The number of rotatable bonds is 3. The van der Waals surface area contributed by atoms with Crippen molar-refractivity contribution < 1.29 is 0 Å². The first-order valence-electron chi connectivity index (χ1n) is 5.13. The van der Waals surface area contributed by atoms with E-state index in [-0.39, 0.29) is 0 Å². The van der Waals surface area contributed by atoms with Crippen molar-refractivity contribution in [2.24, 2.45) is 7.05 Å². The van der Waals surface area contributed by atoms with E-state index in [9.17, 15) is 0 Å². The lowest BCUT2D eigenvalue weighted by atomic mass is 10.2. The smallest absolute Gasteiger partial charge is 0.0638 e. The molecule has 0 amide bonds. The van der Waals surface area contributed by atoms with Crippen LogP contribution in [0.15, 0.2) is 18.3 Å². The molecule has 0 unspecified atom stereocenters. The quantitative estimate of drug-likeness (QED) is 0.734. The molecule has 1 aliphatic carbocycles. The molecule has 0 aliphatic heterocycles. The van der Waals surface area contributed by atoms with Crippen molar-refractivity contribution >= 4 is 0 Å². The molecule has 1 heterocycles. The highest BCUT2D eigenvalue weighted by atomic mass is 15.2. The van der Waals surface area contributed by atoms with Gasteiger partial charge in [0, 0.05) is 31.4 Å². The average molecular weight is 191 g/mol. The molecular formula is C11H17N3. The Hall–Kier alpha value is -1.09. The zero-order valence-corrected chi connectivity index (χ0v) is 8.83. The Morgan fingerprint density at radius 1 is 1.50 bits per heavy atom. The van der Waals surface area contributed by atoms with Gasteiger partial charge in [-0.25, -0.2) is 0 Å². The van der Waals surface area contributed by atoms with Crippen LogP contribution in [0.2, 0.25) is 0 Å². The van der Waals surface area contributed by atoms with Crippen LogP contribution in [0.25, 0.3) is 0 Å². The lowest BCUT2D eigenvalue weighted by Crippen LogP contribution is -2.25. The van der Waals surface area contributed by atoms with Gasteiger partial charge < -0.3 is 5.32 Å². The van der Waals surface area contributed by atoms with Crippen LogP contribution < -0.4 is 5.32 Å². The van der Waals surface area contributed by atoms with E-state index in [1.807, 2.05) is 11.7 Å². The molecule has 1 N–H and O–H groups in total. The van der Waals surface area contributed by atoms with E-state index < -0.39 is 0 Å². The third kappa shape index (κ3) is 2.04. The summed E-state index contributed by atoms with van der Waals surface area (Å²) in [6, 6.07) is 0.634. The molecule has 2 rings (SSSR count). The standard InChI is InChI=1S/C11H17N3/c1-9-10(8-14(2)13-9)7-12-11-5-3-4-6-11/h3-4,8,11-12H,5-7H2,1-2H3. The number of hydrogen-bond donors (Lipinski definition) is 1. The van der Waals surface area contributed by atoms with Crippen LogP contribution in [0.3, 0.4) is 0 Å². The van der Waals surface area contributed by atoms with E-state index in [2.05, 4.69) is 35.7 Å². The summed E-state index contributed by atoms with van der Waals surface area (Å²) in [5.41, 5.74) is 2.44. The third-order valence-electron chi connectivity index (χ3n) is 2.70. The van der Waals surface area contributed by atoms with Gasteiger partial charge in [0.25, 0.3) is 0 Å². The van der Waals surface area contributed by atoms with Gasteiger partial charge in [0.15, 0.2) is 0 Å². The Labute approximate surface area is 84.8 Å². The zero-order valence-electron chi connectivity index (χ0n) is 8.83. The molecule has 14 heavy (non-hydrogen) atoms. The average Bonchev–Trinajstić information content (AvgIpc) is 2.72. The second kappa shape index (κ2) is 3.96. The van der Waals surface area contributed by atoms with Crippen molar-refractivity contribution in [3.05, 3.63) is 29.6 Å². The number of aromatic nitrogens is 2. The minimum atomic E-state index is 0.634. The van der Waals surface area contributed by atoms with Crippen LogP contribution >= 0.6 is 0 Å². The predicted molar refractivity (Wildman–Crippen MR) is 56.9 cm³/mol. The molecule has 0 spiro atoms. The molecule has 1 aromatic heterocycles. The minimum absolute atomic E-state index is 0.634. The molecule has 0 saturated heterocycles. The predicted octanol–water partition coefficient (Wildman–Crippen LogP) is 1.54. The van der Waals surface area contributed by atoms with E-state index in [0.29, 0.717) is 6.04 Å². The third-order valence-corrected chi connectivity index (χ3v) is 2.70. The topological polar surface area (TPSA) is 29.9 Å². The SMILES string of the molecule is Cc1nn(C)cc1CNC1CC=CC1. The van der Waals surface area contributed by atoms with Crippen LogP contribution in [0.5, 0.6) is 0 Å². The minimum Gasteiger partial charge on any atom is -0.309 e. The molecule has 3 heteroatoms.